The minimum atomic E-state index is 0.547. The van der Waals surface area contributed by atoms with Crippen LogP contribution in [0.25, 0.3) is 17.0 Å². The second kappa shape index (κ2) is 8.42. The van der Waals surface area contributed by atoms with Gasteiger partial charge in [0.1, 0.15) is 11.5 Å². The van der Waals surface area contributed by atoms with E-state index in [9.17, 15) is 0 Å². The van der Waals surface area contributed by atoms with Crippen LogP contribution in [0.15, 0.2) is 58.2 Å². The van der Waals surface area contributed by atoms with E-state index in [1.54, 1.807) is 30.5 Å². The number of hydrogen-bond acceptors (Lipinski definition) is 6. The molecule has 0 amide bonds. The minimum Gasteiger partial charge on any atom is -0.496 e. The predicted molar refractivity (Wildman–Crippen MR) is 118 cm³/mol. The van der Waals surface area contributed by atoms with Crippen LogP contribution in [-0.4, -0.2) is 33.8 Å². The van der Waals surface area contributed by atoms with Crippen LogP contribution in [0.1, 0.15) is 11.3 Å². The van der Waals surface area contributed by atoms with Gasteiger partial charge in [-0.25, -0.2) is 4.98 Å². The molecule has 6 nitrogen and oxygen atoms in total. The molecule has 0 spiro atoms. The first-order valence-corrected chi connectivity index (χ1v) is 10.7. The van der Waals surface area contributed by atoms with Crippen LogP contribution in [-0.2, 0) is 5.75 Å². The maximum absolute atomic E-state index is 5.58. The first kappa shape index (κ1) is 19.7. The van der Waals surface area contributed by atoms with Gasteiger partial charge in [-0.1, -0.05) is 45.9 Å². The molecule has 2 aromatic heterocycles. The Kier molecular flexibility index (Phi) is 5.73. The lowest BCUT2D eigenvalue weighted by molar-refractivity contribution is 0.397. The third kappa shape index (κ3) is 4.09. The van der Waals surface area contributed by atoms with Crippen molar-refractivity contribution in [3.05, 3.63) is 64.3 Å². The molecule has 0 unspecified atom stereocenters. The van der Waals surface area contributed by atoms with Crippen molar-refractivity contribution >= 4 is 33.5 Å². The maximum Gasteiger partial charge on any atom is 0.253 e. The molecule has 0 saturated heterocycles. The molecule has 0 aliphatic heterocycles. The summed E-state index contributed by atoms with van der Waals surface area (Å²) < 4.78 is 14.0. The maximum atomic E-state index is 5.58. The van der Waals surface area contributed by atoms with E-state index in [2.05, 4.69) is 38.0 Å². The van der Waals surface area contributed by atoms with E-state index in [-0.39, 0.29) is 0 Å². The molecule has 2 aromatic carbocycles. The van der Waals surface area contributed by atoms with Gasteiger partial charge in [-0.3, -0.25) is 0 Å². The average Bonchev–Trinajstić information content (AvgIpc) is 3.14. The number of thioether (sulfide) groups is 1. The number of methoxy groups -OCH3 is 2. The number of rotatable bonds is 6. The lowest BCUT2D eigenvalue weighted by Gasteiger charge is -2.14. The SMILES string of the molecule is COc1cccc(OC)c1-c1cc(C)nc2nc(SCc3ccc(Br)cc3)nn12. The van der Waals surface area contributed by atoms with Gasteiger partial charge in [0, 0.05) is 15.9 Å². The van der Waals surface area contributed by atoms with Gasteiger partial charge in [0.2, 0.25) is 5.16 Å². The van der Waals surface area contributed by atoms with Crippen LogP contribution in [0.5, 0.6) is 11.5 Å². The van der Waals surface area contributed by atoms with Gasteiger partial charge in [0.05, 0.1) is 25.5 Å². The topological polar surface area (TPSA) is 61.5 Å². The molecule has 0 radical (unpaired) electrons. The number of hydrogen-bond donors (Lipinski definition) is 0. The van der Waals surface area contributed by atoms with Gasteiger partial charge < -0.3 is 9.47 Å². The Balaban J connectivity index is 1.76. The van der Waals surface area contributed by atoms with E-state index < -0.39 is 0 Å². The van der Waals surface area contributed by atoms with Crippen LogP contribution in [0.3, 0.4) is 0 Å². The lowest BCUT2D eigenvalue weighted by Crippen LogP contribution is -2.01. The standard InChI is InChI=1S/C21H19BrN4O2S/c1-13-11-16(19-17(27-2)5-4-6-18(19)28-3)26-20(23-13)24-21(25-26)29-12-14-7-9-15(22)10-8-14/h4-11H,12H2,1-3H3. The van der Waals surface area contributed by atoms with E-state index in [0.29, 0.717) is 22.4 Å². The molecular weight excluding hydrogens is 452 g/mol. The largest absolute Gasteiger partial charge is 0.496 e. The highest BCUT2D eigenvalue weighted by Crippen LogP contribution is 2.38. The molecule has 8 heteroatoms. The number of nitrogens with zero attached hydrogens (tertiary/aromatic N) is 4. The van der Waals surface area contributed by atoms with E-state index in [1.807, 2.05) is 43.3 Å². The Labute approximate surface area is 181 Å². The van der Waals surface area contributed by atoms with E-state index in [1.165, 1.54) is 5.56 Å². The molecule has 0 aliphatic carbocycles. The smallest absolute Gasteiger partial charge is 0.253 e. The second-order valence-electron chi connectivity index (χ2n) is 6.34. The van der Waals surface area contributed by atoms with Crippen LogP contribution < -0.4 is 9.47 Å². The Hall–Kier alpha value is -2.58. The summed E-state index contributed by atoms with van der Waals surface area (Å²) in [5.74, 6) is 2.73. The van der Waals surface area contributed by atoms with Gasteiger partial charge >= 0.3 is 0 Å². The summed E-state index contributed by atoms with van der Waals surface area (Å²) in [6, 6.07) is 15.9. The van der Waals surface area contributed by atoms with Crippen molar-refractivity contribution in [3.63, 3.8) is 0 Å². The Morgan fingerprint density at radius 1 is 1.00 bits per heavy atom. The number of aryl methyl sites for hydroxylation is 1. The molecule has 29 heavy (non-hydrogen) atoms. The molecule has 4 aromatic rings. The number of halogens is 1. The number of benzene rings is 2. The highest BCUT2D eigenvalue weighted by Gasteiger charge is 2.19. The minimum absolute atomic E-state index is 0.547. The predicted octanol–water partition coefficient (Wildman–Crippen LogP) is 5.17. The molecule has 0 bridgehead atoms. The van der Waals surface area contributed by atoms with Gasteiger partial charge in [-0.2, -0.15) is 9.50 Å². The molecule has 4 rings (SSSR count). The van der Waals surface area contributed by atoms with Gasteiger partial charge in [-0.15, -0.1) is 5.10 Å². The number of aromatic nitrogens is 4. The van der Waals surface area contributed by atoms with Crippen molar-refractivity contribution in [3.8, 4) is 22.8 Å². The normalized spacial score (nSPS) is 11.0. The quantitative estimate of drug-likeness (QED) is 0.362. The van der Waals surface area contributed by atoms with Crippen LogP contribution in [0.4, 0.5) is 0 Å². The fourth-order valence-corrected chi connectivity index (χ4v) is 4.08. The molecule has 0 fully saturated rings. The molecule has 0 atom stereocenters. The van der Waals surface area contributed by atoms with Crippen molar-refractivity contribution < 1.29 is 9.47 Å². The Morgan fingerprint density at radius 2 is 1.69 bits per heavy atom. The molecular formula is C21H19BrN4O2S. The Morgan fingerprint density at radius 3 is 2.34 bits per heavy atom. The van der Waals surface area contributed by atoms with Crippen molar-refractivity contribution in [2.24, 2.45) is 0 Å². The summed E-state index contributed by atoms with van der Waals surface area (Å²) in [5.41, 5.74) is 3.69. The third-order valence-electron chi connectivity index (χ3n) is 4.39. The summed E-state index contributed by atoms with van der Waals surface area (Å²) in [5, 5.41) is 5.37. The summed E-state index contributed by atoms with van der Waals surface area (Å²) in [6.07, 6.45) is 0. The highest BCUT2D eigenvalue weighted by molar-refractivity contribution is 9.10. The van der Waals surface area contributed by atoms with E-state index >= 15 is 0 Å². The van der Waals surface area contributed by atoms with E-state index in [0.717, 1.165) is 27.2 Å². The zero-order chi connectivity index (χ0) is 20.4. The average molecular weight is 471 g/mol. The van der Waals surface area contributed by atoms with Crippen molar-refractivity contribution in [1.29, 1.82) is 0 Å². The summed E-state index contributed by atoms with van der Waals surface area (Å²) >= 11 is 5.04. The van der Waals surface area contributed by atoms with Crippen LogP contribution >= 0.6 is 27.7 Å². The molecule has 0 aliphatic rings. The lowest BCUT2D eigenvalue weighted by atomic mass is 10.1. The molecule has 2 heterocycles. The second-order valence-corrected chi connectivity index (χ2v) is 8.20. The molecule has 0 saturated carbocycles. The van der Waals surface area contributed by atoms with Crippen LogP contribution in [0, 0.1) is 6.92 Å². The highest BCUT2D eigenvalue weighted by atomic mass is 79.9. The fourth-order valence-electron chi connectivity index (χ4n) is 3.04. The molecule has 0 N–H and O–H groups in total. The third-order valence-corrected chi connectivity index (χ3v) is 5.82. The van der Waals surface area contributed by atoms with Gasteiger partial charge in [-0.05, 0) is 42.8 Å². The zero-order valence-electron chi connectivity index (χ0n) is 16.2. The summed E-state index contributed by atoms with van der Waals surface area (Å²) in [4.78, 5) is 9.16. The van der Waals surface area contributed by atoms with Gasteiger partial charge in [0.15, 0.2) is 0 Å². The monoisotopic (exact) mass is 470 g/mol. The fraction of sp³-hybridized carbons (Fsp3) is 0.190. The van der Waals surface area contributed by atoms with E-state index in [4.69, 9.17) is 14.6 Å². The van der Waals surface area contributed by atoms with Crippen molar-refractivity contribution in [1.82, 2.24) is 19.6 Å². The first-order valence-electron chi connectivity index (χ1n) is 8.92. The zero-order valence-corrected chi connectivity index (χ0v) is 18.6. The Bertz CT molecular complexity index is 1140. The number of ether oxygens (including phenoxy) is 2. The summed E-state index contributed by atoms with van der Waals surface area (Å²) in [6.45, 7) is 1.94. The molecule has 148 valence electrons. The first-order chi connectivity index (χ1) is 14.1. The number of fused-ring (bicyclic) bond motifs is 1. The van der Waals surface area contributed by atoms with Gasteiger partial charge in [0.25, 0.3) is 5.78 Å². The van der Waals surface area contributed by atoms with Crippen LogP contribution in [0.2, 0.25) is 0 Å². The van der Waals surface area contributed by atoms with Crippen molar-refractivity contribution in [2.45, 2.75) is 17.8 Å². The summed E-state index contributed by atoms with van der Waals surface area (Å²) in [7, 11) is 3.29. The van der Waals surface area contributed by atoms with Crippen molar-refractivity contribution in [2.75, 3.05) is 14.2 Å².